The molecule has 0 unspecified atom stereocenters. The monoisotopic (exact) mass is 380 g/mol. The molecule has 2 aromatic rings. The normalized spacial score (nSPS) is 10.9. The topological polar surface area (TPSA) is 35.0 Å². The number of hydrogen-bond acceptors (Lipinski definition) is 3. The Morgan fingerprint density at radius 3 is 1.05 bits per heavy atom. The van der Waals surface area contributed by atoms with E-state index in [-0.39, 0.29) is 0 Å². The van der Waals surface area contributed by atoms with Crippen LogP contribution in [0.25, 0.3) is 0 Å². The summed E-state index contributed by atoms with van der Waals surface area (Å²) in [4.78, 5) is 5.50. The third-order valence-corrected chi connectivity index (χ3v) is 3.43. The molecule has 0 spiro atoms. The molecule has 0 aliphatic rings. The minimum atomic E-state index is -1.45. The molecule has 2 aromatic heterocycles. The van der Waals surface area contributed by atoms with E-state index in [2.05, 4.69) is 9.97 Å². The van der Waals surface area contributed by atoms with Crippen LogP contribution in [0.3, 0.4) is 0 Å². The van der Waals surface area contributed by atoms with Crippen molar-refractivity contribution in [1.29, 1.82) is 0 Å². The molecule has 0 aliphatic carbocycles. The molecule has 0 radical (unpaired) electrons. The lowest BCUT2D eigenvalue weighted by Gasteiger charge is -2.12. The zero-order valence-corrected chi connectivity index (χ0v) is 12.4. The van der Waals surface area contributed by atoms with Crippen molar-refractivity contribution in [2.45, 2.75) is 0 Å². The highest BCUT2D eigenvalue weighted by Gasteiger charge is 2.25. The van der Waals surface area contributed by atoms with E-state index < -0.39 is 55.4 Å². The highest BCUT2D eigenvalue weighted by Crippen LogP contribution is 2.44. The summed E-state index contributed by atoms with van der Waals surface area (Å²) in [6.07, 6.45) is 0. The van der Waals surface area contributed by atoms with Gasteiger partial charge in [0, 0.05) is 0 Å². The van der Waals surface area contributed by atoms with Crippen molar-refractivity contribution in [1.82, 2.24) is 9.97 Å². The fourth-order valence-electron chi connectivity index (χ4n) is 1.22. The third kappa shape index (κ3) is 2.96. The maximum atomic E-state index is 13.2. The molecule has 0 aliphatic heterocycles. The van der Waals surface area contributed by atoms with Gasteiger partial charge in [-0.05, 0) is 0 Å². The molecule has 3 nitrogen and oxygen atoms in total. The molecule has 2 rings (SSSR count). The Balaban J connectivity index is 2.64. The van der Waals surface area contributed by atoms with Crippen LogP contribution < -0.4 is 4.74 Å². The van der Waals surface area contributed by atoms with E-state index in [0.717, 1.165) is 0 Å². The average molecular weight is 382 g/mol. The van der Waals surface area contributed by atoms with Crippen molar-refractivity contribution in [2.24, 2.45) is 0 Å². The lowest BCUT2D eigenvalue weighted by molar-refractivity contribution is 0.437. The number of pyridine rings is 2. The highest BCUT2D eigenvalue weighted by atomic mass is 35.5. The maximum Gasteiger partial charge on any atom is 0.238 e. The van der Waals surface area contributed by atoms with Crippen LogP contribution in [0, 0.1) is 23.8 Å². The van der Waals surface area contributed by atoms with Gasteiger partial charge >= 0.3 is 0 Å². The van der Waals surface area contributed by atoms with Crippen LogP contribution in [-0.4, -0.2) is 9.97 Å². The van der Waals surface area contributed by atoms with Gasteiger partial charge in [-0.25, -0.2) is 0 Å². The zero-order chi connectivity index (χ0) is 15.9. The van der Waals surface area contributed by atoms with Crippen LogP contribution in [0.2, 0.25) is 20.1 Å². The first-order valence-electron chi connectivity index (χ1n) is 4.81. The SMILES string of the molecule is Fc1nc(F)c(Cl)c(Oc2c(Cl)c(F)nc(F)c2Cl)c1Cl. The van der Waals surface area contributed by atoms with Gasteiger partial charge in [0.1, 0.15) is 20.1 Å². The summed E-state index contributed by atoms with van der Waals surface area (Å²) in [5, 5.41) is -3.31. The van der Waals surface area contributed by atoms with Crippen LogP contribution in [0.15, 0.2) is 0 Å². The Morgan fingerprint density at radius 2 is 0.810 bits per heavy atom. The second-order valence-electron chi connectivity index (χ2n) is 3.40. The summed E-state index contributed by atoms with van der Waals surface area (Å²) in [5.41, 5.74) is 0. The standard InChI is InChI=1S/C10Cl4F4N2O/c11-1-5(2(12)8(16)19-7(1)15)21-6-3(13)9(17)20-10(18)4(6)14. The molecule has 0 saturated heterocycles. The first-order valence-corrected chi connectivity index (χ1v) is 6.33. The number of nitrogens with zero attached hydrogens (tertiary/aromatic N) is 2. The highest BCUT2D eigenvalue weighted by molar-refractivity contribution is 6.38. The van der Waals surface area contributed by atoms with Crippen molar-refractivity contribution in [3.05, 3.63) is 43.9 Å². The number of halogens is 8. The van der Waals surface area contributed by atoms with Crippen molar-refractivity contribution >= 4 is 46.4 Å². The Hall–Kier alpha value is -1.02. The van der Waals surface area contributed by atoms with Crippen molar-refractivity contribution in [3.8, 4) is 11.5 Å². The molecule has 0 saturated carbocycles. The summed E-state index contributed by atoms with van der Waals surface area (Å²) in [6, 6.07) is 0. The molecule has 2 heterocycles. The number of aromatic nitrogens is 2. The molecular formula is C10Cl4F4N2O. The summed E-state index contributed by atoms with van der Waals surface area (Å²) in [7, 11) is 0. The maximum absolute atomic E-state index is 13.2. The minimum Gasteiger partial charge on any atom is -0.450 e. The number of rotatable bonds is 2. The lowest BCUT2D eigenvalue weighted by Crippen LogP contribution is -2.00. The molecule has 0 aromatic carbocycles. The first kappa shape index (κ1) is 16.4. The fourth-order valence-corrected chi connectivity index (χ4v) is 2.02. The van der Waals surface area contributed by atoms with Crippen LogP contribution >= 0.6 is 46.4 Å². The Labute approximate surface area is 134 Å². The molecule has 112 valence electrons. The fraction of sp³-hybridized carbons (Fsp3) is 0. The molecular weight excluding hydrogens is 382 g/mol. The molecule has 0 bridgehead atoms. The molecule has 0 N–H and O–H groups in total. The van der Waals surface area contributed by atoms with E-state index in [1.807, 2.05) is 0 Å². The predicted octanol–water partition coefficient (Wildman–Crippen LogP) is 5.44. The van der Waals surface area contributed by atoms with Crippen molar-refractivity contribution in [3.63, 3.8) is 0 Å². The van der Waals surface area contributed by atoms with E-state index in [1.165, 1.54) is 0 Å². The number of hydrogen-bond donors (Lipinski definition) is 0. The summed E-state index contributed by atoms with van der Waals surface area (Å²) < 4.78 is 57.8. The second-order valence-corrected chi connectivity index (χ2v) is 4.91. The first-order chi connectivity index (χ1) is 9.73. The lowest BCUT2D eigenvalue weighted by atomic mass is 10.4. The van der Waals surface area contributed by atoms with Crippen LogP contribution in [-0.2, 0) is 0 Å². The number of ether oxygens (including phenoxy) is 1. The molecule has 0 atom stereocenters. The summed E-state index contributed by atoms with van der Waals surface area (Å²) in [6.45, 7) is 0. The van der Waals surface area contributed by atoms with Crippen LogP contribution in [0.5, 0.6) is 11.5 Å². The van der Waals surface area contributed by atoms with Gasteiger partial charge in [-0.3, -0.25) is 0 Å². The van der Waals surface area contributed by atoms with E-state index in [0.29, 0.717) is 0 Å². The average Bonchev–Trinajstić information content (AvgIpc) is 2.42. The Kier molecular flexibility index (Phi) is 4.67. The van der Waals surface area contributed by atoms with Gasteiger partial charge in [-0.1, -0.05) is 46.4 Å². The predicted molar refractivity (Wildman–Crippen MR) is 68.4 cm³/mol. The van der Waals surface area contributed by atoms with Gasteiger partial charge < -0.3 is 4.74 Å². The zero-order valence-electron chi connectivity index (χ0n) is 9.33. The van der Waals surface area contributed by atoms with Gasteiger partial charge in [0.15, 0.2) is 11.5 Å². The molecule has 11 heteroatoms. The van der Waals surface area contributed by atoms with Crippen LogP contribution in [0.1, 0.15) is 0 Å². The molecule has 0 amide bonds. The minimum absolute atomic E-state index is 0.794. The van der Waals surface area contributed by atoms with Gasteiger partial charge in [0.2, 0.25) is 23.8 Å². The molecule has 21 heavy (non-hydrogen) atoms. The molecule has 0 fully saturated rings. The van der Waals surface area contributed by atoms with Crippen molar-refractivity contribution < 1.29 is 22.3 Å². The van der Waals surface area contributed by atoms with E-state index in [4.69, 9.17) is 51.1 Å². The van der Waals surface area contributed by atoms with E-state index in [1.54, 1.807) is 0 Å². The van der Waals surface area contributed by atoms with Crippen molar-refractivity contribution in [2.75, 3.05) is 0 Å². The van der Waals surface area contributed by atoms with E-state index in [9.17, 15) is 17.6 Å². The summed E-state index contributed by atoms with van der Waals surface area (Å²) >= 11 is 22.0. The quantitative estimate of drug-likeness (QED) is 0.513. The largest absolute Gasteiger partial charge is 0.450 e. The smallest absolute Gasteiger partial charge is 0.238 e. The summed E-state index contributed by atoms with van der Waals surface area (Å²) in [5.74, 6) is -7.38. The van der Waals surface area contributed by atoms with Gasteiger partial charge in [0.05, 0.1) is 0 Å². The van der Waals surface area contributed by atoms with Gasteiger partial charge in [-0.2, -0.15) is 27.5 Å². The Bertz CT molecular complexity index is 630. The van der Waals surface area contributed by atoms with Gasteiger partial charge in [-0.15, -0.1) is 0 Å². The third-order valence-electron chi connectivity index (χ3n) is 2.12. The Morgan fingerprint density at radius 1 is 0.571 bits per heavy atom. The van der Waals surface area contributed by atoms with E-state index >= 15 is 0 Å². The van der Waals surface area contributed by atoms with Crippen LogP contribution in [0.4, 0.5) is 17.6 Å². The second kappa shape index (κ2) is 6.00. The van der Waals surface area contributed by atoms with Gasteiger partial charge in [0.25, 0.3) is 0 Å².